The maximum absolute atomic E-state index is 9.58. The molecule has 0 spiro atoms. The van der Waals surface area contributed by atoms with Crippen LogP contribution in [0.2, 0.25) is 0 Å². The number of ether oxygens (including phenoxy) is 1. The first-order chi connectivity index (χ1) is 9.65. The second-order valence-electron chi connectivity index (χ2n) is 5.54. The summed E-state index contributed by atoms with van der Waals surface area (Å²) in [5, 5.41) is 9.58. The van der Waals surface area contributed by atoms with Crippen LogP contribution in [-0.4, -0.2) is 40.9 Å². The Hall–Kier alpha value is -1.20. The summed E-state index contributed by atoms with van der Waals surface area (Å²) in [5.41, 5.74) is 1.67. The van der Waals surface area contributed by atoms with Crippen LogP contribution < -0.4 is 4.90 Å². The number of aliphatic hydroxyl groups is 1. The molecule has 0 saturated carbocycles. The molecular weight excluding hydrogens is 254 g/mol. The van der Waals surface area contributed by atoms with Crippen molar-refractivity contribution in [3.05, 3.63) is 17.7 Å². The second-order valence-corrected chi connectivity index (χ2v) is 5.54. The molecule has 1 aromatic rings. The van der Waals surface area contributed by atoms with Gasteiger partial charge in [0, 0.05) is 25.6 Å². The van der Waals surface area contributed by atoms with E-state index in [0.29, 0.717) is 0 Å². The van der Waals surface area contributed by atoms with Gasteiger partial charge < -0.3 is 14.7 Å². The number of piperidine rings is 1. The largest absolute Gasteiger partial charge is 0.390 e. The lowest BCUT2D eigenvalue weighted by molar-refractivity contribution is 0.0525. The van der Waals surface area contributed by atoms with E-state index in [1.807, 2.05) is 13.1 Å². The molecule has 0 amide bonds. The Labute approximate surface area is 121 Å². The number of nitrogens with zero attached hydrogens (tertiary/aromatic N) is 3. The number of hydrogen-bond acceptors (Lipinski definition) is 5. The fourth-order valence-electron chi connectivity index (χ4n) is 2.61. The van der Waals surface area contributed by atoms with Gasteiger partial charge in [-0.15, -0.1) is 0 Å². The van der Waals surface area contributed by atoms with Crippen LogP contribution in [0.4, 0.5) is 5.69 Å². The summed E-state index contributed by atoms with van der Waals surface area (Å²) in [6.07, 6.45) is 4.32. The van der Waals surface area contributed by atoms with E-state index in [9.17, 15) is 5.11 Å². The highest BCUT2D eigenvalue weighted by Gasteiger charge is 2.23. The van der Waals surface area contributed by atoms with E-state index in [4.69, 9.17) is 4.74 Å². The zero-order valence-corrected chi connectivity index (χ0v) is 12.7. The van der Waals surface area contributed by atoms with Gasteiger partial charge in [0.25, 0.3) is 0 Å². The molecule has 1 N–H and O–H groups in total. The molecule has 1 fully saturated rings. The monoisotopic (exact) mass is 279 g/mol. The van der Waals surface area contributed by atoms with Crippen LogP contribution in [0, 0.1) is 0 Å². The van der Waals surface area contributed by atoms with Gasteiger partial charge in [0.2, 0.25) is 0 Å². The summed E-state index contributed by atoms with van der Waals surface area (Å²) in [6, 6.07) is 0. The van der Waals surface area contributed by atoms with E-state index >= 15 is 0 Å². The van der Waals surface area contributed by atoms with E-state index in [1.165, 1.54) is 0 Å². The van der Waals surface area contributed by atoms with Crippen molar-refractivity contribution in [2.75, 3.05) is 24.6 Å². The van der Waals surface area contributed by atoms with Crippen molar-refractivity contribution >= 4 is 5.69 Å². The summed E-state index contributed by atoms with van der Waals surface area (Å²) in [7, 11) is 0. The van der Waals surface area contributed by atoms with Gasteiger partial charge in [-0.1, -0.05) is 13.8 Å². The number of aromatic nitrogens is 2. The van der Waals surface area contributed by atoms with Crippen LogP contribution in [0.5, 0.6) is 0 Å². The van der Waals surface area contributed by atoms with Gasteiger partial charge in [0.15, 0.2) is 0 Å². The minimum atomic E-state index is -0.0482. The molecule has 1 aliphatic rings. The molecule has 0 aromatic carbocycles. The van der Waals surface area contributed by atoms with Crippen LogP contribution >= 0.6 is 0 Å². The minimum absolute atomic E-state index is 0.0482. The first-order valence-corrected chi connectivity index (χ1v) is 7.48. The van der Waals surface area contributed by atoms with Crippen LogP contribution in [0.15, 0.2) is 6.20 Å². The van der Waals surface area contributed by atoms with E-state index in [2.05, 4.69) is 28.7 Å². The van der Waals surface area contributed by atoms with Crippen molar-refractivity contribution in [3.63, 3.8) is 0 Å². The number of aliphatic hydroxyl groups excluding tert-OH is 1. The topological polar surface area (TPSA) is 58.5 Å². The SMILES string of the molecule is CCOC1CCCN(c2cnc(C(C)C)nc2CO)C1. The van der Waals surface area contributed by atoms with E-state index in [1.54, 1.807) is 0 Å². The van der Waals surface area contributed by atoms with Gasteiger partial charge in [-0.05, 0) is 19.8 Å². The zero-order valence-electron chi connectivity index (χ0n) is 12.7. The lowest BCUT2D eigenvalue weighted by Crippen LogP contribution is -2.40. The summed E-state index contributed by atoms with van der Waals surface area (Å²) >= 11 is 0. The third-order valence-electron chi connectivity index (χ3n) is 3.65. The van der Waals surface area contributed by atoms with Crippen molar-refractivity contribution in [2.24, 2.45) is 0 Å². The maximum Gasteiger partial charge on any atom is 0.131 e. The van der Waals surface area contributed by atoms with Gasteiger partial charge in [0.1, 0.15) is 5.82 Å². The summed E-state index contributed by atoms with van der Waals surface area (Å²) < 4.78 is 5.73. The lowest BCUT2D eigenvalue weighted by atomic mass is 10.1. The molecule has 5 heteroatoms. The first-order valence-electron chi connectivity index (χ1n) is 7.48. The van der Waals surface area contributed by atoms with Gasteiger partial charge >= 0.3 is 0 Å². The van der Waals surface area contributed by atoms with Crippen LogP contribution in [-0.2, 0) is 11.3 Å². The molecule has 0 bridgehead atoms. The number of hydrogen-bond donors (Lipinski definition) is 1. The average Bonchev–Trinajstić information content (AvgIpc) is 2.47. The van der Waals surface area contributed by atoms with Gasteiger partial charge in [-0.25, -0.2) is 9.97 Å². The van der Waals surface area contributed by atoms with Crippen LogP contribution in [0.1, 0.15) is 51.0 Å². The van der Waals surface area contributed by atoms with Crippen LogP contribution in [0.25, 0.3) is 0 Å². The normalized spacial score (nSPS) is 19.6. The maximum atomic E-state index is 9.58. The molecule has 1 atom stereocenters. The van der Waals surface area contributed by atoms with Crippen molar-refractivity contribution < 1.29 is 9.84 Å². The van der Waals surface area contributed by atoms with Crippen LogP contribution in [0.3, 0.4) is 0 Å². The Morgan fingerprint density at radius 1 is 1.50 bits per heavy atom. The smallest absolute Gasteiger partial charge is 0.131 e. The zero-order chi connectivity index (χ0) is 14.5. The molecule has 0 radical (unpaired) electrons. The van der Waals surface area contributed by atoms with Gasteiger partial charge in [0.05, 0.1) is 30.3 Å². The van der Waals surface area contributed by atoms with E-state index in [-0.39, 0.29) is 18.6 Å². The third-order valence-corrected chi connectivity index (χ3v) is 3.65. The Kier molecular flexibility index (Phi) is 5.31. The number of anilines is 1. The highest BCUT2D eigenvalue weighted by Crippen LogP contribution is 2.25. The molecule has 0 aliphatic carbocycles. The first kappa shape index (κ1) is 15.2. The Bertz CT molecular complexity index is 435. The Morgan fingerprint density at radius 3 is 2.95 bits per heavy atom. The molecular formula is C15H25N3O2. The molecule has 1 aliphatic heterocycles. The lowest BCUT2D eigenvalue weighted by Gasteiger charge is -2.34. The summed E-state index contributed by atoms with van der Waals surface area (Å²) in [6.45, 7) is 8.66. The quantitative estimate of drug-likeness (QED) is 0.894. The molecule has 1 saturated heterocycles. The molecule has 1 unspecified atom stereocenters. The second kappa shape index (κ2) is 6.99. The van der Waals surface area contributed by atoms with E-state index in [0.717, 1.165) is 49.7 Å². The van der Waals surface area contributed by atoms with Crippen molar-refractivity contribution in [1.82, 2.24) is 9.97 Å². The Morgan fingerprint density at radius 2 is 2.30 bits per heavy atom. The van der Waals surface area contributed by atoms with Crippen molar-refractivity contribution in [3.8, 4) is 0 Å². The molecule has 2 rings (SSSR count). The fraction of sp³-hybridized carbons (Fsp3) is 0.733. The fourth-order valence-corrected chi connectivity index (χ4v) is 2.61. The van der Waals surface area contributed by atoms with Crippen molar-refractivity contribution in [2.45, 2.75) is 52.2 Å². The van der Waals surface area contributed by atoms with Gasteiger partial charge in [-0.2, -0.15) is 0 Å². The Balaban J connectivity index is 2.18. The van der Waals surface area contributed by atoms with Crippen molar-refractivity contribution in [1.29, 1.82) is 0 Å². The third kappa shape index (κ3) is 3.46. The predicted octanol–water partition coefficient (Wildman–Crippen LogP) is 2.10. The standard InChI is InChI=1S/C15H25N3O2/c1-4-20-12-6-5-7-18(9-12)14-8-16-15(11(2)3)17-13(14)10-19/h8,11-12,19H,4-7,9-10H2,1-3H3. The number of rotatable bonds is 5. The molecule has 5 nitrogen and oxygen atoms in total. The van der Waals surface area contributed by atoms with Gasteiger partial charge in [-0.3, -0.25) is 0 Å². The molecule has 20 heavy (non-hydrogen) atoms. The molecule has 1 aromatic heterocycles. The molecule has 112 valence electrons. The minimum Gasteiger partial charge on any atom is -0.390 e. The highest BCUT2D eigenvalue weighted by atomic mass is 16.5. The summed E-state index contributed by atoms with van der Waals surface area (Å²) in [4.78, 5) is 11.2. The van der Waals surface area contributed by atoms with E-state index < -0.39 is 0 Å². The predicted molar refractivity (Wildman–Crippen MR) is 78.9 cm³/mol. The molecule has 2 heterocycles. The summed E-state index contributed by atoms with van der Waals surface area (Å²) in [5.74, 6) is 1.06. The highest BCUT2D eigenvalue weighted by molar-refractivity contribution is 5.49. The average molecular weight is 279 g/mol.